The molecule has 0 aliphatic carbocycles. The molecule has 1 aromatic carbocycles. The fourth-order valence-electron chi connectivity index (χ4n) is 2.94. The summed E-state index contributed by atoms with van der Waals surface area (Å²) in [6, 6.07) is 9.29. The molecule has 0 unspecified atom stereocenters. The minimum atomic E-state index is -0.756. The van der Waals surface area contributed by atoms with Gasteiger partial charge in [-0.3, -0.25) is 14.9 Å². The smallest absolute Gasteiger partial charge is 0.315 e. The number of furan rings is 1. The maximum Gasteiger partial charge on any atom is 0.315 e. The predicted molar refractivity (Wildman–Crippen MR) is 101 cm³/mol. The number of nitrogens with one attached hydrogen (secondary N) is 1. The number of aryl methyl sites for hydroxylation is 2. The fourth-order valence-corrected chi connectivity index (χ4v) is 2.94. The third-order valence-electron chi connectivity index (χ3n) is 4.35. The van der Waals surface area contributed by atoms with Crippen LogP contribution < -0.4 is 5.32 Å². The van der Waals surface area contributed by atoms with Gasteiger partial charge in [0.15, 0.2) is 5.82 Å². The summed E-state index contributed by atoms with van der Waals surface area (Å²) in [4.78, 5) is 26.1. The van der Waals surface area contributed by atoms with Crippen molar-refractivity contribution in [2.45, 2.75) is 39.7 Å². The zero-order valence-corrected chi connectivity index (χ0v) is 15.7. The predicted octanol–water partition coefficient (Wildman–Crippen LogP) is 3.67. The first kappa shape index (κ1) is 18.7. The zero-order valence-electron chi connectivity index (χ0n) is 15.7. The number of carbonyl (C=O) groups is 2. The number of anilines is 1. The molecule has 7 nitrogen and oxygen atoms in total. The van der Waals surface area contributed by atoms with Crippen molar-refractivity contribution in [3.05, 3.63) is 47.4 Å². The van der Waals surface area contributed by atoms with Crippen LogP contribution in [0, 0.1) is 6.92 Å². The number of amides is 2. The zero-order chi connectivity index (χ0) is 19.4. The molecule has 0 fully saturated rings. The lowest BCUT2D eigenvalue weighted by Crippen LogP contribution is -2.36. The van der Waals surface area contributed by atoms with Crippen LogP contribution >= 0.6 is 0 Å². The Morgan fingerprint density at radius 3 is 2.74 bits per heavy atom. The molecule has 0 saturated carbocycles. The lowest BCUT2D eigenvalue weighted by molar-refractivity contribution is -0.142. The van der Waals surface area contributed by atoms with Crippen LogP contribution in [0.25, 0.3) is 11.0 Å². The van der Waals surface area contributed by atoms with Crippen molar-refractivity contribution in [3.8, 4) is 0 Å². The van der Waals surface area contributed by atoms with Crippen LogP contribution in [0.2, 0.25) is 0 Å². The van der Waals surface area contributed by atoms with E-state index in [2.05, 4.69) is 17.4 Å². The molecule has 0 bridgehead atoms. The summed E-state index contributed by atoms with van der Waals surface area (Å²) >= 11 is 0. The van der Waals surface area contributed by atoms with Gasteiger partial charge in [0, 0.05) is 37.0 Å². The SMILES string of the molecule is CCCCc1oc2ccccc2c1CN(C)C(=O)C(=O)Nc1cc(C)on1. The second kappa shape index (κ2) is 8.07. The molecule has 1 N–H and O–H groups in total. The highest BCUT2D eigenvalue weighted by atomic mass is 16.5. The Kier molecular flexibility index (Phi) is 5.59. The number of benzene rings is 1. The van der Waals surface area contributed by atoms with Crippen LogP contribution in [0.1, 0.15) is 36.8 Å². The number of carbonyl (C=O) groups excluding carboxylic acids is 2. The van der Waals surface area contributed by atoms with Crippen LogP contribution in [0.4, 0.5) is 5.82 Å². The number of nitrogens with zero attached hydrogens (tertiary/aromatic N) is 2. The molecule has 3 rings (SSSR count). The lowest BCUT2D eigenvalue weighted by atomic mass is 10.1. The second-order valence-corrected chi connectivity index (χ2v) is 6.54. The molecule has 2 amide bonds. The lowest BCUT2D eigenvalue weighted by Gasteiger charge is -2.16. The third-order valence-corrected chi connectivity index (χ3v) is 4.35. The van der Waals surface area contributed by atoms with Crippen molar-refractivity contribution in [2.24, 2.45) is 0 Å². The van der Waals surface area contributed by atoms with Crippen molar-refractivity contribution in [3.63, 3.8) is 0 Å². The quantitative estimate of drug-likeness (QED) is 0.670. The summed E-state index contributed by atoms with van der Waals surface area (Å²) in [6.45, 7) is 4.12. The van der Waals surface area contributed by atoms with Crippen LogP contribution in [-0.2, 0) is 22.6 Å². The van der Waals surface area contributed by atoms with E-state index in [0.717, 1.165) is 41.6 Å². The van der Waals surface area contributed by atoms with Crippen molar-refractivity contribution in [2.75, 3.05) is 12.4 Å². The Balaban J connectivity index is 1.77. The average Bonchev–Trinajstić information content (AvgIpc) is 3.22. The molecule has 0 aliphatic rings. The molecule has 0 saturated heterocycles. The molecule has 142 valence electrons. The van der Waals surface area contributed by atoms with Gasteiger partial charge < -0.3 is 13.8 Å². The number of likely N-dealkylation sites (N-methyl/N-ethyl adjacent to an activating group) is 1. The number of para-hydroxylation sites is 1. The summed E-state index contributed by atoms with van der Waals surface area (Å²) in [7, 11) is 1.60. The summed E-state index contributed by atoms with van der Waals surface area (Å²) in [5.74, 6) is 0.231. The van der Waals surface area contributed by atoms with E-state index in [1.54, 1.807) is 20.0 Å². The van der Waals surface area contributed by atoms with Gasteiger partial charge in [0.25, 0.3) is 0 Å². The summed E-state index contributed by atoms with van der Waals surface area (Å²) < 4.78 is 10.9. The van der Waals surface area contributed by atoms with E-state index in [1.807, 2.05) is 24.3 Å². The molecule has 0 spiro atoms. The van der Waals surface area contributed by atoms with Crippen molar-refractivity contribution < 1.29 is 18.5 Å². The summed E-state index contributed by atoms with van der Waals surface area (Å²) in [5.41, 5.74) is 1.74. The van der Waals surface area contributed by atoms with Gasteiger partial charge in [0.05, 0.1) is 0 Å². The van der Waals surface area contributed by atoms with Gasteiger partial charge >= 0.3 is 11.8 Å². The summed E-state index contributed by atoms with van der Waals surface area (Å²) in [6.07, 6.45) is 2.84. The minimum absolute atomic E-state index is 0.219. The number of hydrogen-bond acceptors (Lipinski definition) is 5. The van der Waals surface area contributed by atoms with Crippen LogP contribution in [0.15, 0.2) is 39.3 Å². The Hall–Kier alpha value is -3.09. The topological polar surface area (TPSA) is 88.6 Å². The van der Waals surface area contributed by atoms with Gasteiger partial charge in [-0.1, -0.05) is 36.7 Å². The van der Waals surface area contributed by atoms with E-state index in [4.69, 9.17) is 8.94 Å². The van der Waals surface area contributed by atoms with Crippen LogP contribution in [0.3, 0.4) is 0 Å². The first-order chi connectivity index (χ1) is 13.0. The Morgan fingerprint density at radius 2 is 2.04 bits per heavy atom. The highest BCUT2D eigenvalue weighted by Gasteiger charge is 2.23. The van der Waals surface area contributed by atoms with E-state index in [-0.39, 0.29) is 5.82 Å². The Morgan fingerprint density at radius 1 is 1.26 bits per heavy atom. The molecule has 2 aromatic heterocycles. The molecule has 7 heteroatoms. The van der Waals surface area contributed by atoms with E-state index in [9.17, 15) is 9.59 Å². The van der Waals surface area contributed by atoms with E-state index in [0.29, 0.717) is 12.3 Å². The average molecular weight is 369 g/mol. The first-order valence-corrected chi connectivity index (χ1v) is 8.98. The van der Waals surface area contributed by atoms with Gasteiger partial charge in [0.1, 0.15) is 17.1 Å². The maximum atomic E-state index is 12.5. The normalized spacial score (nSPS) is 10.9. The highest BCUT2D eigenvalue weighted by Crippen LogP contribution is 2.28. The molecule has 27 heavy (non-hydrogen) atoms. The molecule has 0 aliphatic heterocycles. The number of hydrogen-bond donors (Lipinski definition) is 1. The molecular weight excluding hydrogens is 346 g/mol. The maximum absolute atomic E-state index is 12.5. The fraction of sp³-hybridized carbons (Fsp3) is 0.350. The molecular formula is C20H23N3O4. The first-order valence-electron chi connectivity index (χ1n) is 8.98. The minimum Gasteiger partial charge on any atom is -0.461 e. The number of unbranched alkanes of at least 4 members (excludes halogenated alkanes) is 1. The molecule has 3 aromatic rings. The highest BCUT2D eigenvalue weighted by molar-refractivity contribution is 6.39. The number of rotatable bonds is 6. The Labute approximate surface area is 157 Å². The van der Waals surface area contributed by atoms with Gasteiger partial charge in [-0.05, 0) is 19.4 Å². The van der Waals surface area contributed by atoms with Gasteiger partial charge in [-0.2, -0.15) is 0 Å². The second-order valence-electron chi connectivity index (χ2n) is 6.54. The van der Waals surface area contributed by atoms with Crippen molar-refractivity contribution in [1.82, 2.24) is 10.1 Å². The molecule has 2 heterocycles. The summed E-state index contributed by atoms with van der Waals surface area (Å²) in [5, 5.41) is 7.09. The standard InChI is InChI=1S/C20H23N3O4/c1-4-5-9-17-15(14-8-6-7-10-16(14)26-17)12-23(3)20(25)19(24)21-18-11-13(2)27-22-18/h6-8,10-11H,4-5,9,12H2,1-3H3,(H,21,22,24). The van der Waals surface area contributed by atoms with Crippen LogP contribution in [0.5, 0.6) is 0 Å². The van der Waals surface area contributed by atoms with E-state index in [1.165, 1.54) is 4.90 Å². The van der Waals surface area contributed by atoms with Gasteiger partial charge in [-0.25, -0.2) is 0 Å². The largest absolute Gasteiger partial charge is 0.461 e. The molecule has 0 radical (unpaired) electrons. The monoisotopic (exact) mass is 369 g/mol. The van der Waals surface area contributed by atoms with Crippen molar-refractivity contribution >= 4 is 28.6 Å². The van der Waals surface area contributed by atoms with Gasteiger partial charge in [0.2, 0.25) is 0 Å². The van der Waals surface area contributed by atoms with E-state index >= 15 is 0 Å². The Bertz CT molecular complexity index is 957. The van der Waals surface area contributed by atoms with Crippen LogP contribution in [-0.4, -0.2) is 28.9 Å². The number of fused-ring (bicyclic) bond motifs is 1. The van der Waals surface area contributed by atoms with Gasteiger partial charge in [-0.15, -0.1) is 0 Å². The number of aromatic nitrogens is 1. The van der Waals surface area contributed by atoms with E-state index < -0.39 is 11.8 Å². The van der Waals surface area contributed by atoms with Crippen molar-refractivity contribution in [1.29, 1.82) is 0 Å². The third kappa shape index (κ3) is 4.19. The molecule has 0 atom stereocenters.